The molecule has 2 fully saturated rings. The highest BCUT2D eigenvalue weighted by Gasteiger charge is 2.40. The first kappa shape index (κ1) is 23.1. The molecule has 36 heavy (non-hydrogen) atoms. The van der Waals surface area contributed by atoms with Crippen molar-refractivity contribution in [3.8, 4) is 0 Å². The van der Waals surface area contributed by atoms with Gasteiger partial charge in [-0.3, -0.25) is 14.5 Å². The summed E-state index contributed by atoms with van der Waals surface area (Å²) in [6.45, 7) is 10.7. The minimum absolute atomic E-state index is 0.0960. The number of nitrogens with two attached hydrogens (primary N) is 1. The van der Waals surface area contributed by atoms with E-state index >= 15 is 0 Å². The van der Waals surface area contributed by atoms with Crippen LogP contribution in [0.1, 0.15) is 66.4 Å². The van der Waals surface area contributed by atoms with Crippen LogP contribution in [0, 0.1) is 0 Å². The number of aromatic nitrogens is 1. The Bertz CT molecular complexity index is 1380. The zero-order chi connectivity index (χ0) is 25.2. The highest BCUT2D eigenvalue weighted by molar-refractivity contribution is 6.20. The number of anilines is 2. The fourth-order valence-corrected chi connectivity index (χ4v) is 6.55. The number of benzene rings is 2. The fourth-order valence-electron chi connectivity index (χ4n) is 6.55. The summed E-state index contributed by atoms with van der Waals surface area (Å²) < 4.78 is 0. The number of piperidine rings is 1. The van der Waals surface area contributed by atoms with Crippen LogP contribution >= 0.6 is 0 Å². The van der Waals surface area contributed by atoms with Crippen LogP contribution in [-0.4, -0.2) is 60.3 Å². The van der Waals surface area contributed by atoms with E-state index in [-0.39, 0.29) is 17.1 Å². The van der Waals surface area contributed by atoms with Gasteiger partial charge in [0.05, 0.1) is 12.1 Å². The summed E-state index contributed by atoms with van der Waals surface area (Å²) in [4.78, 5) is 34.1. The third-order valence-corrected chi connectivity index (χ3v) is 8.58. The molecule has 0 unspecified atom stereocenters. The number of amides is 1. The summed E-state index contributed by atoms with van der Waals surface area (Å²) in [5.41, 5.74) is 13.4. The molecule has 3 aliphatic rings. The maximum absolute atomic E-state index is 13.9. The summed E-state index contributed by atoms with van der Waals surface area (Å²) in [7, 11) is 0. The summed E-state index contributed by atoms with van der Waals surface area (Å²) >= 11 is 0. The Morgan fingerprint density at radius 2 is 1.86 bits per heavy atom. The van der Waals surface area contributed by atoms with Crippen molar-refractivity contribution >= 4 is 34.0 Å². The van der Waals surface area contributed by atoms with Crippen LogP contribution in [0.3, 0.4) is 0 Å². The second kappa shape index (κ2) is 8.37. The zero-order valence-corrected chi connectivity index (χ0v) is 21.4. The van der Waals surface area contributed by atoms with E-state index in [1.54, 1.807) is 0 Å². The molecule has 2 aromatic carbocycles. The molecule has 1 aromatic heterocycles. The maximum Gasteiger partial charge on any atom is 0.234 e. The van der Waals surface area contributed by atoms with Crippen LogP contribution < -0.4 is 16.0 Å². The summed E-state index contributed by atoms with van der Waals surface area (Å²) in [5, 5.41) is 3.87. The quantitative estimate of drug-likeness (QED) is 0.493. The lowest BCUT2D eigenvalue weighted by atomic mass is 9.70. The third-order valence-electron chi connectivity index (χ3n) is 8.58. The number of aromatic amines is 1. The summed E-state index contributed by atoms with van der Waals surface area (Å²) in [6.07, 6.45) is 2.96. The van der Waals surface area contributed by atoms with Gasteiger partial charge in [0.2, 0.25) is 5.91 Å². The van der Waals surface area contributed by atoms with E-state index < -0.39 is 0 Å². The van der Waals surface area contributed by atoms with Crippen LogP contribution in [0.2, 0.25) is 0 Å². The number of carbonyl (C=O) groups excluding carboxylic acids is 2. The number of nitrogens with one attached hydrogen (secondary N) is 2. The first-order valence-electron chi connectivity index (χ1n) is 13.2. The number of rotatable bonds is 3. The molecule has 4 N–H and O–H groups in total. The standard InChI is InChI=1S/C29H35N5O2/c1-4-17-13-21-22(15-24(17)33-10-7-19(8-11-33)34-12-9-31-25(35)16-34)29(2,3)28-26(27(21)36)20-6-5-18(30)14-23(20)32-28/h5-6,13-15,19,32H,4,7-12,16,30H2,1-3H3,(H,31,35). The van der Waals surface area contributed by atoms with E-state index in [2.05, 4.69) is 53.0 Å². The zero-order valence-electron chi connectivity index (χ0n) is 21.4. The molecule has 0 atom stereocenters. The van der Waals surface area contributed by atoms with Gasteiger partial charge in [0, 0.05) is 71.2 Å². The lowest BCUT2D eigenvalue weighted by Crippen LogP contribution is -2.54. The van der Waals surface area contributed by atoms with Crippen molar-refractivity contribution in [2.75, 3.05) is 43.4 Å². The van der Waals surface area contributed by atoms with Gasteiger partial charge in [-0.2, -0.15) is 0 Å². The number of piperazine rings is 1. The van der Waals surface area contributed by atoms with Gasteiger partial charge in [0.25, 0.3) is 0 Å². The van der Waals surface area contributed by atoms with Crippen molar-refractivity contribution in [1.82, 2.24) is 15.2 Å². The number of fused-ring (bicyclic) bond motifs is 4. The molecule has 6 rings (SSSR count). The average Bonchev–Trinajstić information content (AvgIpc) is 3.27. The van der Waals surface area contributed by atoms with Crippen LogP contribution in [0.15, 0.2) is 30.3 Å². The van der Waals surface area contributed by atoms with Gasteiger partial charge >= 0.3 is 0 Å². The number of hydrogen-bond acceptors (Lipinski definition) is 5. The van der Waals surface area contributed by atoms with E-state index in [1.807, 2.05) is 18.2 Å². The number of H-pyrrole nitrogens is 1. The van der Waals surface area contributed by atoms with Crippen LogP contribution in [-0.2, 0) is 16.6 Å². The topological polar surface area (TPSA) is 94.5 Å². The predicted molar refractivity (Wildman–Crippen MR) is 144 cm³/mol. The SMILES string of the molecule is CCc1cc2c(cc1N1CCC(N3CCNC(=O)C3)CC1)C(C)(C)c1[nH]c3cc(N)ccc3c1C2=O. The van der Waals surface area contributed by atoms with Gasteiger partial charge in [-0.15, -0.1) is 0 Å². The molecule has 3 heterocycles. The molecule has 0 bridgehead atoms. The van der Waals surface area contributed by atoms with Crippen molar-refractivity contribution in [3.05, 3.63) is 58.3 Å². The fraction of sp³-hybridized carbons (Fsp3) is 0.448. The maximum atomic E-state index is 13.9. The van der Waals surface area contributed by atoms with Crippen molar-refractivity contribution in [3.63, 3.8) is 0 Å². The van der Waals surface area contributed by atoms with Gasteiger partial charge in [0.15, 0.2) is 5.78 Å². The van der Waals surface area contributed by atoms with Gasteiger partial charge in [-0.05, 0) is 54.7 Å². The molecule has 0 radical (unpaired) electrons. The van der Waals surface area contributed by atoms with Gasteiger partial charge < -0.3 is 20.9 Å². The predicted octanol–water partition coefficient (Wildman–Crippen LogP) is 3.58. The average molecular weight is 486 g/mol. The Balaban J connectivity index is 1.35. The first-order valence-corrected chi connectivity index (χ1v) is 13.2. The molecule has 7 nitrogen and oxygen atoms in total. The molecule has 1 amide bonds. The molecule has 2 aliphatic heterocycles. The monoisotopic (exact) mass is 485 g/mol. The minimum atomic E-state index is -0.340. The van der Waals surface area contributed by atoms with Crippen LogP contribution in [0.4, 0.5) is 11.4 Å². The van der Waals surface area contributed by atoms with Crippen molar-refractivity contribution < 1.29 is 9.59 Å². The minimum Gasteiger partial charge on any atom is -0.399 e. The van der Waals surface area contributed by atoms with E-state index in [4.69, 9.17) is 5.73 Å². The third kappa shape index (κ3) is 3.52. The highest BCUT2D eigenvalue weighted by Crippen LogP contribution is 2.46. The Labute approximate surface area is 212 Å². The van der Waals surface area contributed by atoms with E-state index in [1.165, 1.54) is 11.3 Å². The van der Waals surface area contributed by atoms with Gasteiger partial charge in [-0.1, -0.05) is 26.8 Å². The van der Waals surface area contributed by atoms with Crippen LogP contribution in [0.25, 0.3) is 10.9 Å². The molecular weight excluding hydrogens is 450 g/mol. The Morgan fingerprint density at radius 1 is 1.08 bits per heavy atom. The van der Waals surface area contributed by atoms with Gasteiger partial charge in [-0.25, -0.2) is 0 Å². The van der Waals surface area contributed by atoms with Crippen molar-refractivity contribution in [2.24, 2.45) is 0 Å². The number of aryl methyl sites for hydroxylation is 1. The van der Waals surface area contributed by atoms with E-state index in [0.717, 1.165) is 78.7 Å². The number of hydrogen-bond donors (Lipinski definition) is 3. The number of ketones is 1. The molecule has 188 valence electrons. The first-order chi connectivity index (χ1) is 17.3. The summed E-state index contributed by atoms with van der Waals surface area (Å²) in [5.74, 6) is 0.233. The largest absolute Gasteiger partial charge is 0.399 e. The molecule has 2 saturated heterocycles. The second-order valence-electron chi connectivity index (χ2n) is 11.1. The van der Waals surface area contributed by atoms with E-state index in [0.29, 0.717) is 18.3 Å². The van der Waals surface area contributed by atoms with Crippen molar-refractivity contribution in [1.29, 1.82) is 0 Å². The lowest BCUT2D eigenvalue weighted by molar-refractivity contribution is -0.125. The molecule has 0 spiro atoms. The molecule has 3 aromatic rings. The smallest absolute Gasteiger partial charge is 0.234 e. The highest BCUT2D eigenvalue weighted by atomic mass is 16.2. The number of nitrogens with zero attached hydrogens (tertiary/aromatic N) is 2. The van der Waals surface area contributed by atoms with Crippen molar-refractivity contribution in [2.45, 2.75) is 51.5 Å². The van der Waals surface area contributed by atoms with Crippen LogP contribution in [0.5, 0.6) is 0 Å². The number of carbonyl (C=O) groups is 2. The lowest BCUT2D eigenvalue weighted by Gasteiger charge is -2.42. The molecule has 7 heteroatoms. The van der Waals surface area contributed by atoms with E-state index in [9.17, 15) is 9.59 Å². The second-order valence-corrected chi connectivity index (χ2v) is 11.1. The molecular formula is C29H35N5O2. The Hall–Kier alpha value is -3.32. The Kier molecular flexibility index (Phi) is 5.37. The molecule has 1 aliphatic carbocycles. The number of nitrogen functional groups attached to an aromatic ring is 1. The van der Waals surface area contributed by atoms with Gasteiger partial charge in [0.1, 0.15) is 0 Å². The molecule has 0 saturated carbocycles. The summed E-state index contributed by atoms with van der Waals surface area (Å²) in [6, 6.07) is 10.6. The Morgan fingerprint density at radius 3 is 2.58 bits per heavy atom. The normalized spacial score (nSPS) is 20.4.